The average Bonchev–Trinajstić information content (AvgIpc) is 2.44. The quantitative estimate of drug-likeness (QED) is 0.572. The predicted octanol–water partition coefficient (Wildman–Crippen LogP) is 4.66. The van der Waals surface area contributed by atoms with E-state index in [0.29, 0.717) is 0 Å². The Hall–Kier alpha value is -1.60. The minimum Gasteiger partial charge on any atom is -0.393 e. The van der Waals surface area contributed by atoms with E-state index in [9.17, 15) is 5.11 Å². The van der Waals surface area contributed by atoms with Crippen LogP contribution in [0.4, 0.5) is 0 Å². The number of aliphatic hydroxyl groups is 1. The van der Waals surface area contributed by atoms with Gasteiger partial charge in [-0.2, -0.15) is 0 Å². The Labute approximate surface area is 122 Å². The molecule has 0 saturated carbocycles. The van der Waals surface area contributed by atoms with Gasteiger partial charge >= 0.3 is 0 Å². The molecule has 0 aromatic heterocycles. The van der Waals surface area contributed by atoms with Crippen molar-refractivity contribution in [1.29, 1.82) is 0 Å². The predicted molar refractivity (Wildman–Crippen MR) is 87.1 cm³/mol. The molecule has 0 aliphatic heterocycles. The molecular formula is C19H24O. The first-order chi connectivity index (χ1) is 9.69. The van der Waals surface area contributed by atoms with Crippen LogP contribution in [0, 0.1) is 0 Å². The van der Waals surface area contributed by atoms with E-state index >= 15 is 0 Å². The number of fused-ring (bicyclic) bond motifs is 1. The number of allylic oxidation sites excluding steroid dienone is 1. The summed E-state index contributed by atoms with van der Waals surface area (Å²) in [6.45, 7) is 5.64. The molecule has 1 atom stereocenters. The number of benzene rings is 2. The Morgan fingerprint density at radius 2 is 1.70 bits per heavy atom. The van der Waals surface area contributed by atoms with Gasteiger partial charge in [-0.15, -0.1) is 6.58 Å². The van der Waals surface area contributed by atoms with Crippen molar-refractivity contribution in [3.63, 3.8) is 0 Å². The number of hydrogen-bond acceptors (Lipinski definition) is 1. The number of aryl methyl sites for hydroxylation is 1. The van der Waals surface area contributed by atoms with Gasteiger partial charge in [-0.3, -0.25) is 0 Å². The highest BCUT2D eigenvalue weighted by atomic mass is 16.3. The van der Waals surface area contributed by atoms with Gasteiger partial charge in [0, 0.05) is 0 Å². The summed E-state index contributed by atoms with van der Waals surface area (Å²) in [5.74, 6) is 0. The van der Waals surface area contributed by atoms with Crippen LogP contribution in [0.3, 0.4) is 0 Å². The standard InChI is InChI=1S/C19H24O/c1-3-6-16-9-11-19-14-17(10-12-18(19)13-16)8-5-4-7-15(2)20/h3,9-15,20H,1,4-8H2,2H3. The maximum Gasteiger partial charge on any atom is 0.0512 e. The summed E-state index contributed by atoms with van der Waals surface area (Å²) in [5.41, 5.74) is 2.71. The van der Waals surface area contributed by atoms with Gasteiger partial charge < -0.3 is 5.11 Å². The van der Waals surface area contributed by atoms with Crippen LogP contribution in [-0.2, 0) is 12.8 Å². The van der Waals surface area contributed by atoms with Crippen LogP contribution in [0.5, 0.6) is 0 Å². The first kappa shape index (κ1) is 14.8. The molecule has 20 heavy (non-hydrogen) atoms. The zero-order valence-electron chi connectivity index (χ0n) is 12.3. The number of unbranched alkanes of at least 4 members (excludes halogenated alkanes) is 1. The van der Waals surface area contributed by atoms with Crippen molar-refractivity contribution in [2.24, 2.45) is 0 Å². The normalized spacial score (nSPS) is 12.5. The van der Waals surface area contributed by atoms with Gasteiger partial charge in [0.15, 0.2) is 0 Å². The van der Waals surface area contributed by atoms with E-state index in [-0.39, 0.29) is 6.10 Å². The molecule has 0 heterocycles. The average molecular weight is 268 g/mol. The second kappa shape index (κ2) is 7.25. The van der Waals surface area contributed by atoms with Crippen molar-refractivity contribution < 1.29 is 5.11 Å². The van der Waals surface area contributed by atoms with Crippen molar-refractivity contribution in [3.8, 4) is 0 Å². The number of aliphatic hydroxyl groups excluding tert-OH is 1. The maximum absolute atomic E-state index is 9.25. The van der Waals surface area contributed by atoms with Crippen molar-refractivity contribution in [2.75, 3.05) is 0 Å². The van der Waals surface area contributed by atoms with Crippen molar-refractivity contribution in [2.45, 2.75) is 45.1 Å². The van der Waals surface area contributed by atoms with E-state index in [1.54, 1.807) is 0 Å². The summed E-state index contributed by atoms with van der Waals surface area (Å²) < 4.78 is 0. The SMILES string of the molecule is C=CCc1ccc2cc(CCCCC(C)O)ccc2c1. The van der Waals surface area contributed by atoms with Gasteiger partial charge in [0.05, 0.1) is 6.10 Å². The fourth-order valence-corrected chi connectivity index (χ4v) is 2.56. The fraction of sp³-hybridized carbons (Fsp3) is 0.368. The third-order valence-corrected chi connectivity index (χ3v) is 3.69. The Morgan fingerprint density at radius 3 is 2.35 bits per heavy atom. The van der Waals surface area contributed by atoms with E-state index in [0.717, 1.165) is 32.1 Å². The summed E-state index contributed by atoms with van der Waals surface area (Å²) in [6.07, 6.45) is 6.93. The first-order valence-electron chi connectivity index (χ1n) is 7.49. The summed E-state index contributed by atoms with van der Waals surface area (Å²) in [5, 5.41) is 11.9. The molecule has 0 fully saturated rings. The fourth-order valence-electron chi connectivity index (χ4n) is 2.56. The van der Waals surface area contributed by atoms with Crippen LogP contribution in [0.25, 0.3) is 10.8 Å². The first-order valence-corrected chi connectivity index (χ1v) is 7.49. The minimum atomic E-state index is -0.171. The van der Waals surface area contributed by atoms with E-state index in [1.165, 1.54) is 21.9 Å². The molecule has 0 radical (unpaired) electrons. The number of hydrogen-bond donors (Lipinski definition) is 1. The summed E-state index contributed by atoms with van der Waals surface area (Å²) >= 11 is 0. The second-order valence-electron chi connectivity index (χ2n) is 5.60. The van der Waals surface area contributed by atoms with Gasteiger partial charge in [-0.05, 0) is 54.5 Å². The molecule has 1 unspecified atom stereocenters. The van der Waals surface area contributed by atoms with Crippen LogP contribution in [0.2, 0.25) is 0 Å². The lowest BCUT2D eigenvalue weighted by atomic mass is 10.00. The Balaban J connectivity index is 2.02. The molecule has 0 aliphatic carbocycles. The molecule has 1 nitrogen and oxygen atoms in total. The van der Waals surface area contributed by atoms with E-state index < -0.39 is 0 Å². The lowest BCUT2D eigenvalue weighted by Gasteiger charge is -2.06. The van der Waals surface area contributed by atoms with Gasteiger partial charge in [-0.1, -0.05) is 48.9 Å². The summed E-state index contributed by atoms with van der Waals surface area (Å²) in [4.78, 5) is 0. The Kier molecular flexibility index (Phi) is 5.37. The maximum atomic E-state index is 9.25. The van der Waals surface area contributed by atoms with E-state index in [1.807, 2.05) is 13.0 Å². The number of rotatable bonds is 7. The van der Waals surface area contributed by atoms with Crippen LogP contribution >= 0.6 is 0 Å². The molecular weight excluding hydrogens is 244 g/mol. The van der Waals surface area contributed by atoms with Crippen LogP contribution in [-0.4, -0.2) is 11.2 Å². The smallest absolute Gasteiger partial charge is 0.0512 e. The van der Waals surface area contributed by atoms with Gasteiger partial charge in [0.1, 0.15) is 0 Å². The highest BCUT2D eigenvalue weighted by molar-refractivity contribution is 5.83. The minimum absolute atomic E-state index is 0.171. The monoisotopic (exact) mass is 268 g/mol. The van der Waals surface area contributed by atoms with E-state index in [4.69, 9.17) is 0 Å². The lowest BCUT2D eigenvalue weighted by molar-refractivity contribution is 0.180. The zero-order valence-corrected chi connectivity index (χ0v) is 12.3. The Bertz CT molecular complexity index is 569. The highest BCUT2D eigenvalue weighted by Crippen LogP contribution is 2.20. The molecule has 1 heteroatoms. The molecule has 1 N–H and O–H groups in total. The van der Waals surface area contributed by atoms with Crippen LogP contribution in [0.1, 0.15) is 37.3 Å². The summed E-state index contributed by atoms with van der Waals surface area (Å²) in [6, 6.07) is 13.4. The zero-order chi connectivity index (χ0) is 14.4. The Morgan fingerprint density at radius 1 is 1.05 bits per heavy atom. The third-order valence-electron chi connectivity index (χ3n) is 3.69. The molecule has 106 valence electrons. The van der Waals surface area contributed by atoms with Crippen molar-refractivity contribution >= 4 is 10.8 Å². The topological polar surface area (TPSA) is 20.2 Å². The molecule has 0 spiro atoms. The molecule has 0 aliphatic rings. The van der Waals surface area contributed by atoms with Gasteiger partial charge in [-0.25, -0.2) is 0 Å². The molecule has 0 amide bonds. The molecule has 2 aromatic rings. The van der Waals surface area contributed by atoms with Crippen LogP contribution < -0.4 is 0 Å². The second-order valence-corrected chi connectivity index (χ2v) is 5.60. The summed E-state index contributed by atoms with van der Waals surface area (Å²) in [7, 11) is 0. The third kappa shape index (κ3) is 4.21. The molecule has 0 bridgehead atoms. The molecule has 2 aromatic carbocycles. The van der Waals surface area contributed by atoms with E-state index in [2.05, 4.69) is 43.0 Å². The van der Waals surface area contributed by atoms with Crippen molar-refractivity contribution in [1.82, 2.24) is 0 Å². The van der Waals surface area contributed by atoms with Gasteiger partial charge in [0.2, 0.25) is 0 Å². The molecule has 2 rings (SSSR count). The van der Waals surface area contributed by atoms with Gasteiger partial charge in [0.25, 0.3) is 0 Å². The lowest BCUT2D eigenvalue weighted by Crippen LogP contribution is -1.99. The highest BCUT2D eigenvalue weighted by Gasteiger charge is 2.00. The van der Waals surface area contributed by atoms with Crippen molar-refractivity contribution in [3.05, 3.63) is 60.2 Å². The largest absolute Gasteiger partial charge is 0.393 e. The van der Waals surface area contributed by atoms with Crippen LogP contribution in [0.15, 0.2) is 49.1 Å². The molecule has 0 saturated heterocycles.